The molecule has 49 valence electrons. The highest BCUT2D eigenvalue weighted by molar-refractivity contribution is 5.10. The Labute approximate surface area is 54.5 Å². The van der Waals surface area contributed by atoms with E-state index < -0.39 is 0 Å². The molecule has 1 radical (unpaired) electrons. The predicted octanol–water partition coefficient (Wildman–Crippen LogP) is 1.06. The number of nitrogens with one attached hydrogen (secondary N) is 1. The summed E-state index contributed by atoms with van der Waals surface area (Å²) in [5, 5.41) is 4.12. The van der Waals surface area contributed by atoms with Gasteiger partial charge >= 0.3 is 0 Å². The smallest absolute Gasteiger partial charge is 0.222 e. The molecule has 3 heteroatoms. The molecular weight excluding hydrogens is 114 g/mol. The average molecular weight is 124 g/mol. The summed E-state index contributed by atoms with van der Waals surface area (Å²) in [7, 11) is 0. The lowest BCUT2D eigenvalue weighted by Gasteiger charge is -1.92. The number of H-pyrrole nitrogens is 1. The van der Waals surface area contributed by atoms with Gasteiger partial charge in [0.15, 0.2) is 0 Å². The Balaban J connectivity index is 2.30. The second kappa shape index (κ2) is 3.12. The maximum Gasteiger partial charge on any atom is 0.222 e. The van der Waals surface area contributed by atoms with Crippen LogP contribution in [0.4, 0.5) is 5.95 Å². The lowest BCUT2D eigenvalue weighted by atomic mass is 10.5. The molecule has 0 saturated heterocycles. The summed E-state index contributed by atoms with van der Waals surface area (Å²) >= 11 is 0. The molecule has 0 aromatic carbocycles. The Bertz CT molecular complexity index is 145. The standard InChI is InChI=1S/C6H10N3/c1-2-3-7-6-8-4-5-9-6/h4-5H,2-3H2,1H3,(H,8,9). The lowest BCUT2D eigenvalue weighted by Crippen LogP contribution is -1.98. The van der Waals surface area contributed by atoms with E-state index in [0.717, 1.165) is 18.9 Å². The SMILES string of the molecule is CCC[N]c1ncc[nH]1. The molecular formula is C6H10N3. The van der Waals surface area contributed by atoms with Crippen LogP contribution in [0.15, 0.2) is 12.4 Å². The van der Waals surface area contributed by atoms with E-state index in [-0.39, 0.29) is 0 Å². The van der Waals surface area contributed by atoms with Gasteiger partial charge in [-0.1, -0.05) is 6.92 Å². The second-order valence-electron chi connectivity index (χ2n) is 1.79. The number of hydrogen-bond acceptors (Lipinski definition) is 1. The number of nitrogens with zero attached hydrogens (tertiary/aromatic N) is 2. The highest BCUT2D eigenvalue weighted by atomic mass is 15.1. The monoisotopic (exact) mass is 124 g/mol. The predicted molar refractivity (Wildman–Crippen MR) is 35.5 cm³/mol. The van der Waals surface area contributed by atoms with Gasteiger partial charge in [0.05, 0.1) is 0 Å². The molecule has 0 fully saturated rings. The minimum atomic E-state index is 0.733. The Morgan fingerprint density at radius 3 is 3.22 bits per heavy atom. The molecule has 0 aliphatic rings. The third-order valence-corrected chi connectivity index (χ3v) is 0.969. The second-order valence-corrected chi connectivity index (χ2v) is 1.79. The van der Waals surface area contributed by atoms with Gasteiger partial charge in [0.1, 0.15) is 0 Å². The van der Waals surface area contributed by atoms with Crippen molar-refractivity contribution >= 4 is 5.95 Å². The van der Waals surface area contributed by atoms with Crippen molar-refractivity contribution in [1.29, 1.82) is 0 Å². The number of hydrogen-bond donors (Lipinski definition) is 1. The fourth-order valence-electron chi connectivity index (χ4n) is 0.561. The van der Waals surface area contributed by atoms with Crippen LogP contribution in [0.3, 0.4) is 0 Å². The van der Waals surface area contributed by atoms with E-state index in [1.54, 1.807) is 12.4 Å². The van der Waals surface area contributed by atoms with E-state index in [1.807, 2.05) is 0 Å². The molecule has 1 aromatic heterocycles. The number of aromatic nitrogens is 2. The molecule has 9 heavy (non-hydrogen) atoms. The molecule has 0 spiro atoms. The fourth-order valence-corrected chi connectivity index (χ4v) is 0.561. The minimum absolute atomic E-state index is 0.733. The van der Waals surface area contributed by atoms with Crippen molar-refractivity contribution in [3.05, 3.63) is 12.4 Å². The third-order valence-electron chi connectivity index (χ3n) is 0.969. The van der Waals surface area contributed by atoms with Gasteiger partial charge in [0.2, 0.25) is 5.95 Å². The zero-order valence-corrected chi connectivity index (χ0v) is 5.46. The largest absolute Gasteiger partial charge is 0.330 e. The first-order valence-electron chi connectivity index (χ1n) is 3.10. The third kappa shape index (κ3) is 1.76. The molecule has 0 amide bonds. The van der Waals surface area contributed by atoms with Crippen molar-refractivity contribution in [2.75, 3.05) is 6.54 Å². The summed E-state index contributed by atoms with van der Waals surface area (Å²) in [5.74, 6) is 0.733. The fraction of sp³-hybridized carbons (Fsp3) is 0.500. The van der Waals surface area contributed by atoms with Gasteiger partial charge in [-0.2, -0.15) is 0 Å². The van der Waals surface area contributed by atoms with E-state index >= 15 is 0 Å². The average Bonchev–Trinajstić information content (AvgIpc) is 2.34. The Kier molecular flexibility index (Phi) is 2.13. The van der Waals surface area contributed by atoms with Crippen LogP contribution >= 0.6 is 0 Å². The Morgan fingerprint density at radius 2 is 2.67 bits per heavy atom. The van der Waals surface area contributed by atoms with Gasteiger partial charge < -0.3 is 4.98 Å². The molecule has 0 atom stereocenters. The van der Waals surface area contributed by atoms with Gasteiger partial charge in [-0.25, -0.2) is 4.98 Å². The van der Waals surface area contributed by atoms with Crippen LogP contribution in [0.25, 0.3) is 0 Å². The lowest BCUT2D eigenvalue weighted by molar-refractivity contribution is 0.777. The zero-order chi connectivity index (χ0) is 6.53. The molecule has 0 aliphatic heterocycles. The first-order valence-corrected chi connectivity index (χ1v) is 3.10. The summed E-state index contributed by atoms with van der Waals surface area (Å²) in [6, 6.07) is 0. The molecule has 1 heterocycles. The van der Waals surface area contributed by atoms with E-state index in [0.29, 0.717) is 0 Å². The zero-order valence-electron chi connectivity index (χ0n) is 5.46. The molecule has 1 rings (SSSR count). The van der Waals surface area contributed by atoms with Crippen LogP contribution < -0.4 is 5.32 Å². The Hall–Kier alpha value is -0.990. The number of imidazole rings is 1. The summed E-state index contributed by atoms with van der Waals surface area (Å²) < 4.78 is 0. The molecule has 1 N–H and O–H groups in total. The van der Waals surface area contributed by atoms with Crippen molar-refractivity contribution in [3.8, 4) is 0 Å². The molecule has 0 unspecified atom stereocenters. The van der Waals surface area contributed by atoms with Crippen molar-refractivity contribution < 1.29 is 0 Å². The molecule has 0 saturated carbocycles. The summed E-state index contributed by atoms with van der Waals surface area (Å²) in [5.41, 5.74) is 0. The van der Waals surface area contributed by atoms with Crippen molar-refractivity contribution in [2.24, 2.45) is 0 Å². The Morgan fingerprint density at radius 1 is 1.78 bits per heavy atom. The number of aromatic amines is 1. The summed E-state index contributed by atoms with van der Waals surface area (Å²) in [6.07, 6.45) is 4.55. The highest BCUT2D eigenvalue weighted by Crippen LogP contribution is 1.93. The molecule has 0 aliphatic carbocycles. The van der Waals surface area contributed by atoms with Gasteiger partial charge in [0.25, 0.3) is 0 Å². The maximum atomic E-state index is 4.12. The van der Waals surface area contributed by atoms with Gasteiger partial charge in [0, 0.05) is 18.9 Å². The van der Waals surface area contributed by atoms with Crippen LogP contribution in [0.2, 0.25) is 0 Å². The van der Waals surface area contributed by atoms with Gasteiger partial charge in [-0.15, -0.1) is 0 Å². The van der Waals surface area contributed by atoms with E-state index in [4.69, 9.17) is 0 Å². The van der Waals surface area contributed by atoms with E-state index in [9.17, 15) is 0 Å². The van der Waals surface area contributed by atoms with Crippen molar-refractivity contribution in [2.45, 2.75) is 13.3 Å². The van der Waals surface area contributed by atoms with Gasteiger partial charge in [-0.05, 0) is 6.42 Å². The first-order chi connectivity index (χ1) is 4.43. The molecule has 3 nitrogen and oxygen atoms in total. The topological polar surface area (TPSA) is 42.8 Å². The van der Waals surface area contributed by atoms with Crippen molar-refractivity contribution in [3.63, 3.8) is 0 Å². The van der Waals surface area contributed by atoms with Crippen molar-refractivity contribution in [1.82, 2.24) is 15.3 Å². The van der Waals surface area contributed by atoms with Crippen LogP contribution in [0, 0.1) is 0 Å². The van der Waals surface area contributed by atoms with Gasteiger partial charge in [-0.3, -0.25) is 5.32 Å². The quantitative estimate of drug-likeness (QED) is 0.643. The number of rotatable bonds is 3. The maximum absolute atomic E-state index is 4.12. The minimum Gasteiger partial charge on any atom is -0.330 e. The van der Waals surface area contributed by atoms with E-state index in [2.05, 4.69) is 22.2 Å². The van der Waals surface area contributed by atoms with Crippen LogP contribution in [0.5, 0.6) is 0 Å². The molecule has 1 aromatic rings. The van der Waals surface area contributed by atoms with Crippen LogP contribution in [0.1, 0.15) is 13.3 Å². The first kappa shape index (κ1) is 6.13. The summed E-state index contributed by atoms with van der Waals surface area (Å²) in [4.78, 5) is 6.83. The summed E-state index contributed by atoms with van der Waals surface area (Å²) in [6.45, 7) is 2.94. The van der Waals surface area contributed by atoms with E-state index in [1.165, 1.54) is 0 Å². The van der Waals surface area contributed by atoms with Crippen LogP contribution in [-0.4, -0.2) is 16.5 Å². The normalized spacial score (nSPS) is 9.44. The van der Waals surface area contributed by atoms with Crippen LogP contribution in [-0.2, 0) is 0 Å². The molecule has 0 bridgehead atoms. The highest BCUT2D eigenvalue weighted by Gasteiger charge is 1.89.